The van der Waals surface area contributed by atoms with E-state index in [1.165, 1.54) is 0 Å². The summed E-state index contributed by atoms with van der Waals surface area (Å²) in [6, 6.07) is 0. The lowest BCUT2D eigenvalue weighted by Crippen LogP contribution is -1.92. The topological polar surface area (TPSA) is 12.9 Å². The van der Waals surface area contributed by atoms with Gasteiger partial charge in [0.1, 0.15) is 7.85 Å². The molecule has 1 aromatic rings. The summed E-state index contributed by atoms with van der Waals surface area (Å²) >= 11 is 1.58. The van der Waals surface area contributed by atoms with Gasteiger partial charge >= 0.3 is 0 Å². The maximum atomic E-state index is 5.51. The van der Waals surface area contributed by atoms with Crippen molar-refractivity contribution in [3.63, 3.8) is 0 Å². The molecule has 0 aliphatic rings. The SMILES string of the molecule is [B]c1cnc(CC(C)C)s1. The predicted octanol–water partition coefficient (Wildman–Crippen LogP) is 1.14. The minimum Gasteiger partial charge on any atom is -0.250 e. The molecule has 0 spiro atoms. The lowest BCUT2D eigenvalue weighted by Gasteiger charge is -1.97. The van der Waals surface area contributed by atoms with Gasteiger partial charge in [-0.25, -0.2) is 0 Å². The van der Waals surface area contributed by atoms with Crippen LogP contribution in [0, 0.1) is 5.92 Å². The van der Waals surface area contributed by atoms with E-state index in [1.54, 1.807) is 17.5 Å². The molecule has 0 aliphatic carbocycles. The van der Waals surface area contributed by atoms with Gasteiger partial charge in [0.2, 0.25) is 0 Å². The highest BCUT2D eigenvalue weighted by atomic mass is 32.1. The Kier molecular flexibility index (Phi) is 2.49. The van der Waals surface area contributed by atoms with Gasteiger partial charge in [-0.05, 0) is 10.7 Å². The first-order chi connectivity index (χ1) is 4.68. The fourth-order valence-electron chi connectivity index (χ4n) is 0.768. The zero-order valence-corrected chi connectivity index (χ0v) is 7.11. The summed E-state index contributed by atoms with van der Waals surface area (Å²) in [6.07, 6.45) is 2.77. The van der Waals surface area contributed by atoms with Crippen molar-refractivity contribution in [2.75, 3.05) is 0 Å². The van der Waals surface area contributed by atoms with Crippen LogP contribution in [-0.4, -0.2) is 12.8 Å². The van der Waals surface area contributed by atoms with E-state index in [4.69, 9.17) is 7.85 Å². The van der Waals surface area contributed by atoms with Gasteiger partial charge in [-0.3, -0.25) is 4.98 Å². The Morgan fingerprint density at radius 2 is 2.40 bits per heavy atom. The lowest BCUT2D eigenvalue weighted by atomic mass is 10.1. The van der Waals surface area contributed by atoms with E-state index in [0.29, 0.717) is 5.92 Å². The van der Waals surface area contributed by atoms with Gasteiger partial charge in [-0.2, -0.15) is 0 Å². The quantitative estimate of drug-likeness (QED) is 0.577. The summed E-state index contributed by atoms with van der Waals surface area (Å²) in [5.74, 6) is 0.672. The maximum absolute atomic E-state index is 5.51. The highest BCUT2D eigenvalue weighted by Gasteiger charge is 2.00. The van der Waals surface area contributed by atoms with Gasteiger partial charge < -0.3 is 0 Å². The Hall–Kier alpha value is -0.305. The third-order valence-corrected chi connectivity index (χ3v) is 2.00. The van der Waals surface area contributed by atoms with E-state index in [0.717, 1.165) is 16.2 Å². The van der Waals surface area contributed by atoms with E-state index < -0.39 is 0 Å². The third kappa shape index (κ3) is 2.14. The van der Waals surface area contributed by atoms with Gasteiger partial charge in [0, 0.05) is 12.6 Å². The third-order valence-electron chi connectivity index (χ3n) is 1.15. The second-order valence-electron chi connectivity index (χ2n) is 2.75. The summed E-state index contributed by atoms with van der Waals surface area (Å²) < 4.78 is 0.815. The van der Waals surface area contributed by atoms with Crippen molar-refractivity contribution in [1.29, 1.82) is 0 Å². The van der Waals surface area contributed by atoms with Crippen LogP contribution in [0.3, 0.4) is 0 Å². The van der Waals surface area contributed by atoms with Crippen LogP contribution in [0.1, 0.15) is 18.9 Å². The average molecular weight is 151 g/mol. The van der Waals surface area contributed by atoms with Crippen LogP contribution in [0.25, 0.3) is 0 Å². The van der Waals surface area contributed by atoms with Gasteiger partial charge in [0.05, 0.1) is 5.01 Å². The van der Waals surface area contributed by atoms with E-state index in [1.807, 2.05) is 0 Å². The van der Waals surface area contributed by atoms with Crippen LogP contribution < -0.4 is 4.78 Å². The molecule has 0 unspecified atom stereocenters. The van der Waals surface area contributed by atoms with Crippen molar-refractivity contribution < 1.29 is 0 Å². The van der Waals surface area contributed by atoms with Gasteiger partial charge in [-0.1, -0.05) is 13.8 Å². The Balaban J connectivity index is 2.58. The standard InChI is InChI=1S/C7H10BNS/c1-5(2)3-7-9-4-6(8)10-7/h4-5H,3H2,1-2H3. The van der Waals surface area contributed by atoms with Gasteiger partial charge in [-0.15, -0.1) is 11.3 Å². The normalized spacial score (nSPS) is 10.7. The monoisotopic (exact) mass is 151 g/mol. The molecule has 2 radical (unpaired) electrons. The number of rotatable bonds is 2. The number of hydrogen-bond donors (Lipinski definition) is 0. The largest absolute Gasteiger partial charge is 0.250 e. The smallest absolute Gasteiger partial charge is 0.131 e. The first-order valence-electron chi connectivity index (χ1n) is 3.38. The van der Waals surface area contributed by atoms with Gasteiger partial charge in [0.15, 0.2) is 0 Å². The second-order valence-corrected chi connectivity index (χ2v) is 3.90. The van der Waals surface area contributed by atoms with Crippen molar-refractivity contribution in [3.05, 3.63) is 11.2 Å². The van der Waals surface area contributed by atoms with Crippen LogP contribution in [0.15, 0.2) is 6.20 Å². The summed E-state index contributed by atoms with van der Waals surface area (Å²) in [4.78, 5) is 4.15. The van der Waals surface area contributed by atoms with Crippen LogP contribution in [-0.2, 0) is 6.42 Å². The molecule has 0 fully saturated rings. The first kappa shape index (κ1) is 7.80. The molecule has 0 amide bonds. The molecule has 1 heterocycles. The Morgan fingerprint density at radius 3 is 2.80 bits per heavy atom. The molecule has 1 aromatic heterocycles. The number of hydrogen-bond acceptors (Lipinski definition) is 2. The Labute approximate surface area is 66.9 Å². The second kappa shape index (κ2) is 3.19. The van der Waals surface area contributed by atoms with Crippen LogP contribution in [0.4, 0.5) is 0 Å². The molecule has 0 bridgehead atoms. The predicted molar refractivity (Wildman–Crippen MR) is 46.0 cm³/mol. The molecule has 0 atom stereocenters. The molecule has 1 rings (SSSR count). The molecule has 0 N–H and O–H groups in total. The first-order valence-corrected chi connectivity index (χ1v) is 4.20. The number of aromatic nitrogens is 1. The summed E-state index contributed by atoms with van der Waals surface area (Å²) in [5, 5.41) is 1.15. The number of nitrogens with zero attached hydrogens (tertiary/aromatic N) is 1. The molecule has 1 nitrogen and oxygen atoms in total. The highest BCUT2D eigenvalue weighted by Crippen LogP contribution is 2.07. The molecular formula is C7H10BNS. The maximum Gasteiger partial charge on any atom is 0.131 e. The zero-order valence-electron chi connectivity index (χ0n) is 6.29. The van der Waals surface area contributed by atoms with Gasteiger partial charge in [0.25, 0.3) is 0 Å². The molecule has 0 saturated heterocycles. The van der Waals surface area contributed by atoms with E-state index in [-0.39, 0.29) is 0 Å². The summed E-state index contributed by atoms with van der Waals surface area (Å²) in [6.45, 7) is 4.36. The van der Waals surface area contributed by atoms with Crippen molar-refractivity contribution in [2.45, 2.75) is 20.3 Å². The van der Waals surface area contributed by atoms with Crippen molar-refractivity contribution in [1.82, 2.24) is 4.98 Å². The van der Waals surface area contributed by atoms with E-state index in [2.05, 4.69) is 18.8 Å². The molecule has 0 aromatic carbocycles. The Morgan fingerprint density at radius 1 is 1.70 bits per heavy atom. The molecule has 3 heteroatoms. The van der Waals surface area contributed by atoms with Crippen LogP contribution in [0.5, 0.6) is 0 Å². The van der Waals surface area contributed by atoms with Crippen molar-refractivity contribution in [3.8, 4) is 0 Å². The molecule has 52 valence electrons. The Bertz CT molecular complexity index is 207. The molecule has 10 heavy (non-hydrogen) atoms. The van der Waals surface area contributed by atoms with Crippen LogP contribution >= 0.6 is 11.3 Å². The summed E-state index contributed by atoms with van der Waals surface area (Å²) in [5.41, 5.74) is 0. The van der Waals surface area contributed by atoms with Crippen molar-refractivity contribution in [2.24, 2.45) is 5.92 Å². The zero-order chi connectivity index (χ0) is 7.56. The van der Waals surface area contributed by atoms with E-state index >= 15 is 0 Å². The average Bonchev–Trinajstić information content (AvgIpc) is 2.13. The minimum atomic E-state index is 0.672. The molecule has 0 saturated carbocycles. The summed E-state index contributed by atoms with van der Waals surface area (Å²) in [7, 11) is 5.51. The fourth-order valence-corrected chi connectivity index (χ4v) is 1.67. The fraction of sp³-hybridized carbons (Fsp3) is 0.571. The van der Waals surface area contributed by atoms with E-state index in [9.17, 15) is 0 Å². The minimum absolute atomic E-state index is 0.672. The molecule has 0 aliphatic heterocycles. The highest BCUT2D eigenvalue weighted by molar-refractivity contribution is 7.19. The lowest BCUT2D eigenvalue weighted by molar-refractivity contribution is 0.644. The van der Waals surface area contributed by atoms with Crippen LogP contribution in [0.2, 0.25) is 0 Å². The number of thiazole rings is 1. The van der Waals surface area contributed by atoms with Crippen molar-refractivity contribution >= 4 is 24.0 Å². The molecular weight excluding hydrogens is 141 g/mol.